The van der Waals surface area contributed by atoms with E-state index in [0.29, 0.717) is 5.56 Å². The Hall–Kier alpha value is -2.77. The molecule has 4 nitrogen and oxygen atoms in total. The van der Waals surface area contributed by atoms with Crippen LogP contribution in [0.3, 0.4) is 0 Å². The van der Waals surface area contributed by atoms with E-state index in [-0.39, 0.29) is 22.1 Å². The number of carbonyl (C=O) groups excluding carboxylic acids is 1. The SMILES string of the molecule is COC(=O)c1ccc(C#CC(O)c2ccc3c(c2)C(C)(C)CCC3(C)C)cc1O. The van der Waals surface area contributed by atoms with Crippen molar-refractivity contribution in [2.45, 2.75) is 57.5 Å². The number of phenols is 1. The third-order valence-corrected chi connectivity index (χ3v) is 5.95. The van der Waals surface area contributed by atoms with Crippen LogP contribution in [0.2, 0.25) is 0 Å². The monoisotopic (exact) mass is 392 g/mol. The minimum Gasteiger partial charge on any atom is -0.507 e. The van der Waals surface area contributed by atoms with E-state index in [4.69, 9.17) is 0 Å². The summed E-state index contributed by atoms with van der Waals surface area (Å²) in [5.74, 6) is 4.90. The van der Waals surface area contributed by atoms with E-state index in [1.54, 1.807) is 6.07 Å². The number of fused-ring (bicyclic) bond motifs is 1. The fourth-order valence-electron chi connectivity index (χ4n) is 3.90. The number of phenolic OH excluding ortho intramolecular Hbond substituents is 1. The molecule has 0 heterocycles. The molecule has 1 atom stereocenters. The minimum atomic E-state index is -0.941. The average Bonchev–Trinajstić information content (AvgIpc) is 2.69. The summed E-state index contributed by atoms with van der Waals surface area (Å²) in [7, 11) is 1.26. The summed E-state index contributed by atoms with van der Waals surface area (Å²) < 4.78 is 4.61. The van der Waals surface area contributed by atoms with Gasteiger partial charge in [-0.15, -0.1) is 0 Å². The molecule has 1 unspecified atom stereocenters. The van der Waals surface area contributed by atoms with Crippen molar-refractivity contribution in [2.24, 2.45) is 0 Å². The maximum Gasteiger partial charge on any atom is 0.341 e. The van der Waals surface area contributed by atoms with Gasteiger partial charge in [-0.05, 0) is 58.6 Å². The number of ether oxygens (including phenoxy) is 1. The summed E-state index contributed by atoms with van der Waals surface area (Å²) in [6.07, 6.45) is 1.30. The van der Waals surface area contributed by atoms with E-state index in [1.165, 1.54) is 30.4 Å². The van der Waals surface area contributed by atoms with Gasteiger partial charge in [-0.3, -0.25) is 0 Å². The molecule has 29 heavy (non-hydrogen) atoms. The standard InChI is InChI=1S/C25H28O4/c1-24(2)12-13-25(3,4)20-15-17(8-10-19(20)24)21(26)11-7-16-6-9-18(22(27)14-16)23(28)29-5/h6,8-10,14-15,21,26-27H,12-13H2,1-5H3. The zero-order valence-electron chi connectivity index (χ0n) is 17.7. The molecule has 0 fully saturated rings. The van der Waals surface area contributed by atoms with Crippen LogP contribution in [-0.4, -0.2) is 23.3 Å². The number of aliphatic hydroxyl groups is 1. The van der Waals surface area contributed by atoms with Gasteiger partial charge in [-0.1, -0.05) is 57.7 Å². The van der Waals surface area contributed by atoms with Crippen molar-refractivity contribution in [2.75, 3.05) is 7.11 Å². The van der Waals surface area contributed by atoms with Crippen LogP contribution < -0.4 is 0 Å². The second-order valence-electron chi connectivity index (χ2n) is 8.97. The number of aromatic hydroxyl groups is 1. The van der Waals surface area contributed by atoms with Crippen molar-refractivity contribution in [3.8, 4) is 17.6 Å². The zero-order valence-corrected chi connectivity index (χ0v) is 17.7. The topological polar surface area (TPSA) is 66.8 Å². The highest BCUT2D eigenvalue weighted by atomic mass is 16.5. The van der Waals surface area contributed by atoms with Gasteiger partial charge in [-0.25, -0.2) is 4.79 Å². The Labute approximate surface area is 172 Å². The molecule has 0 saturated heterocycles. The first kappa shape index (κ1) is 21.0. The third-order valence-electron chi connectivity index (χ3n) is 5.95. The van der Waals surface area contributed by atoms with E-state index in [1.807, 2.05) is 6.07 Å². The van der Waals surface area contributed by atoms with E-state index < -0.39 is 12.1 Å². The predicted molar refractivity (Wildman–Crippen MR) is 113 cm³/mol. The molecular formula is C25H28O4. The van der Waals surface area contributed by atoms with Crippen LogP contribution in [0, 0.1) is 11.8 Å². The van der Waals surface area contributed by atoms with Crippen LogP contribution in [0.5, 0.6) is 5.75 Å². The van der Waals surface area contributed by atoms with Crippen molar-refractivity contribution in [1.29, 1.82) is 0 Å². The first-order valence-electron chi connectivity index (χ1n) is 9.81. The Morgan fingerprint density at radius 1 is 1.03 bits per heavy atom. The normalized spacial score (nSPS) is 17.4. The minimum absolute atomic E-state index is 0.0590. The van der Waals surface area contributed by atoms with Crippen molar-refractivity contribution in [3.63, 3.8) is 0 Å². The van der Waals surface area contributed by atoms with Crippen LogP contribution in [0.25, 0.3) is 0 Å². The number of benzene rings is 2. The van der Waals surface area contributed by atoms with Crippen LogP contribution in [-0.2, 0) is 15.6 Å². The molecule has 0 saturated carbocycles. The highest BCUT2D eigenvalue weighted by molar-refractivity contribution is 5.92. The summed E-state index contributed by atoms with van der Waals surface area (Å²) in [6, 6.07) is 10.6. The van der Waals surface area contributed by atoms with Crippen LogP contribution in [0.15, 0.2) is 36.4 Å². The van der Waals surface area contributed by atoms with Crippen LogP contribution in [0.1, 0.15) is 79.3 Å². The first-order valence-corrected chi connectivity index (χ1v) is 9.81. The van der Waals surface area contributed by atoms with Crippen molar-refractivity contribution in [3.05, 3.63) is 64.2 Å². The molecule has 152 valence electrons. The fourth-order valence-corrected chi connectivity index (χ4v) is 3.90. The van der Waals surface area contributed by atoms with Gasteiger partial charge in [0.25, 0.3) is 0 Å². The van der Waals surface area contributed by atoms with Gasteiger partial charge in [-0.2, -0.15) is 0 Å². The van der Waals surface area contributed by atoms with E-state index in [2.05, 4.69) is 56.4 Å². The summed E-state index contributed by atoms with van der Waals surface area (Å²) in [4.78, 5) is 11.6. The number of carbonyl (C=O) groups is 1. The third kappa shape index (κ3) is 4.16. The van der Waals surface area contributed by atoms with Crippen molar-refractivity contribution < 1.29 is 19.7 Å². The van der Waals surface area contributed by atoms with Gasteiger partial charge in [0, 0.05) is 5.56 Å². The molecule has 1 aliphatic rings. The molecule has 3 rings (SSSR count). The van der Waals surface area contributed by atoms with E-state index in [9.17, 15) is 15.0 Å². The lowest BCUT2D eigenvalue weighted by atomic mass is 9.63. The second kappa shape index (κ2) is 7.57. The lowest BCUT2D eigenvalue weighted by Gasteiger charge is -2.42. The molecule has 0 aliphatic heterocycles. The van der Waals surface area contributed by atoms with Crippen LogP contribution >= 0.6 is 0 Å². The smallest absolute Gasteiger partial charge is 0.341 e. The number of esters is 1. The number of rotatable bonds is 2. The summed E-state index contributed by atoms with van der Waals surface area (Å²) in [5.41, 5.74) is 4.14. The van der Waals surface area contributed by atoms with Gasteiger partial charge in [0.15, 0.2) is 0 Å². The molecule has 0 amide bonds. The maximum absolute atomic E-state index is 11.6. The largest absolute Gasteiger partial charge is 0.507 e. The number of hydrogen-bond donors (Lipinski definition) is 2. The molecular weight excluding hydrogens is 364 g/mol. The highest BCUT2D eigenvalue weighted by Gasteiger charge is 2.37. The summed E-state index contributed by atoms with van der Waals surface area (Å²) in [6.45, 7) is 9.02. The average molecular weight is 392 g/mol. The molecule has 2 N–H and O–H groups in total. The van der Waals surface area contributed by atoms with Gasteiger partial charge >= 0.3 is 5.97 Å². The van der Waals surface area contributed by atoms with Crippen molar-refractivity contribution >= 4 is 5.97 Å². The molecule has 0 radical (unpaired) electrons. The lowest BCUT2D eigenvalue weighted by molar-refractivity contribution is 0.0597. The Balaban J connectivity index is 1.89. The number of aliphatic hydroxyl groups excluding tert-OH is 1. The quantitative estimate of drug-likeness (QED) is 0.578. The maximum atomic E-state index is 11.6. The molecule has 1 aliphatic carbocycles. The van der Waals surface area contributed by atoms with Gasteiger partial charge in [0.05, 0.1) is 7.11 Å². The molecule has 0 aromatic heterocycles. The lowest BCUT2D eigenvalue weighted by Crippen LogP contribution is -2.34. The fraction of sp³-hybridized carbons (Fsp3) is 0.400. The van der Waals surface area contributed by atoms with Gasteiger partial charge in [0.1, 0.15) is 17.4 Å². The number of methoxy groups -OCH3 is 1. The van der Waals surface area contributed by atoms with Gasteiger partial charge < -0.3 is 14.9 Å². The molecule has 4 heteroatoms. The molecule has 2 aromatic carbocycles. The zero-order chi connectivity index (χ0) is 21.4. The molecule has 0 spiro atoms. The second-order valence-corrected chi connectivity index (χ2v) is 8.97. The Kier molecular flexibility index (Phi) is 5.47. The Morgan fingerprint density at radius 2 is 1.69 bits per heavy atom. The Bertz CT molecular complexity index is 1010. The number of hydrogen-bond acceptors (Lipinski definition) is 4. The summed E-state index contributed by atoms with van der Waals surface area (Å²) in [5, 5.41) is 20.6. The first-order chi connectivity index (χ1) is 13.5. The highest BCUT2D eigenvalue weighted by Crippen LogP contribution is 2.46. The Morgan fingerprint density at radius 3 is 2.31 bits per heavy atom. The van der Waals surface area contributed by atoms with Crippen LogP contribution in [0.4, 0.5) is 0 Å². The van der Waals surface area contributed by atoms with Gasteiger partial charge in [0.2, 0.25) is 0 Å². The van der Waals surface area contributed by atoms with Crippen molar-refractivity contribution in [1.82, 2.24) is 0 Å². The molecule has 0 bridgehead atoms. The van der Waals surface area contributed by atoms with E-state index >= 15 is 0 Å². The molecule has 2 aromatic rings. The predicted octanol–water partition coefficient (Wildman–Crippen LogP) is 4.61. The summed E-state index contributed by atoms with van der Waals surface area (Å²) >= 11 is 0. The van der Waals surface area contributed by atoms with E-state index in [0.717, 1.165) is 18.4 Å².